The monoisotopic (exact) mass is 398 g/mol. The Kier molecular flexibility index (Phi) is 6.41. The van der Waals surface area contributed by atoms with Crippen molar-refractivity contribution < 1.29 is 13.9 Å². The number of carbonyl (C=O) groups is 1. The van der Waals surface area contributed by atoms with E-state index in [-0.39, 0.29) is 24.2 Å². The van der Waals surface area contributed by atoms with Gasteiger partial charge >= 0.3 is 0 Å². The minimum absolute atomic E-state index is 0.0354. The molecular formula is C22H23FN2O2S. The molecule has 0 aliphatic heterocycles. The normalized spacial score (nSPS) is 11.9. The van der Waals surface area contributed by atoms with Crippen LogP contribution in [-0.2, 0) is 11.2 Å². The van der Waals surface area contributed by atoms with E-state index < -0.39 is 0 Å². The maximum Gasteiger partial charge on any atom is 0.228 e. The number of benzene rings is 2. The van der Waals surface area contributed by atoms with Crippen LogP contribution in [0, 0.1) is 5.82 Å². The van der Waals surface area contributed by atoms with E-state index in [0.717, 1.165) is 27.6 Å². The molecule has 0 aliphatic carbocycles. The summed E-state index contributed by atoms with van der Waals surface area (Å²) in [7, 11) is 1.76. The van der Waals surface area contributed by atoms with Crippen molar-refractivity contribution in [1.82, 2.24) is 9.88 Å². The standard InChI is InChI=1S/C22H23FN2O2S/c1-4-27-20-8-6-5-7-19(20)22-24-18(14-28-22)13-21(26)25(3)15(2)16-9-11-17(23)12-10-16/h5-12,14-15H,4,13H2,1-3H3. The molecule has 0 saturated heterocycles. The summed E-state index contributed by atoms with van der Waals surface area (Å²) in [6.07, 6.45) is 0.218. The lowest BCUT2D eigenvalue weighted by molar-refractivity contribution is -0.131. The molecule has 4 nitrogen and oxygen atoms in total. The van der Waals surface area contributed by atoms with Crippen LogP contribution in [0.2, 0.25) is 0 Å². The predicted octanol–water partition coefficient (Wildman–Crippen LogP) is 5.11. The number of aromatic nitrogens is 1. The first-order valence-corrected chi connectivity index (χ1v) is 10.0. The molecule has 1 unspecified atom stereocenters. The number of para-hydroxylation sites is 1. The van der Waals surface area contributed by atoms with Gasteiger partial charge in [0.2, 0.25) is 5.91 Å². The SMILES string of the molecule is CCOc1ccccc1-c1nc(CC(=O)N(C)C(C)c2ccc(F)cc2)cs1. The summed E-state index contributed by atoms with van der Waals surface area (Å²) in [4.78, 5) is 19.0. The third-order valence-electron chi connectivity index (χ3n) is 4.63. The zero-order valence-corrected chi connectivity index (χ0v) is 17.0. The lowest BCUT2D eigenvalue weighted by atomic mass is 10.1. The van der Waals surface area contributed by atoms with Gasteiger partial charge in [0, 0.05) is 12.4 Å². The van der Waals surface area contributed by atoms with Gasteiger partial charge in [-0.3, -0.25) is 4.79 Å². The van der Waals surface area contributed by atoms with Gasteiger partial charge < -0.3 is 9.64 Å². The van der Waals surface area contributed by atoms with Gasteiger partial charge in [-0.15, -0.1) is 11.3 Å². The van der Waals surface area contributed by atoms with Crippen molar-refractivity contribution in [2.75, 3.05) is 13.7 Å². The topological polar surface area (TPSA) is 42.4 Å². The van der Waals surface area contributed by atoms with Crippen molar-refractivity contribution in [1.29, 1.82) is 0 Å². The van der Waals surface area contributed by atoms with Crippen molar-refractivity contribution in [3.8, 4) is 16.3 Å². The number of likely N-dealkylation sites (N-methyl/N-ethyl adjacent to an activating group) is 1. The van der Waals surface area contributed by atoms with Gasteiger partial charge in [0.25, 0.3) is 0 Å². The highest BCUT2D eigenvalue weighted by Gasteiger charge is 2.19. The molecule has 0 bridgehead atoms. The number of hydrogen-bond donors (Lipinski definition) is 0. The van der Waals surface area contributed by atoms with E-state index in [1.54, 1.807) is 24.1 Å². The number of amides is 1. The fraction of sp³-hybridized carbons (Fsp3) is 0.273. The van der Waals surface area contributed by atoms with Crippen LogP contribution in [0.3, 0.4) is 0 Å². The van der Waals surface area contributed by atoms with Crippen molar-refractivity contribution in [2.24, 2.45) is 0 Å². The number of halogens is 1. The van der Waals surface area contributed by atoms with E-state index >= 15 is 0 Å². The fourth-order valence-electron chi connectivity index (χ4n) is 2.90. The second-order valence-electron chi connectivity index (χ2n) is 6.48. The van der Waals surface area contributed by atoms with E-state index in [1.165, 1.54) is 23.5 Å². The Bertz CT molecular complexity index is 940. The van der Waals surface area contributed by atoms with Crippen LogP contribution in [-0.4, -0.2) is 29.4 Å². The first-order chi connectivity index (χ1) is 13.5. The van der Waals surface area contributed by atoms with Crippen LogP contribution < -0.4 is 4.74 Å². The highest BCUT2D eigenvalue weighted by molar-refractivity contribution is 7.13. The van der Waals surface area contributed by atoms with E-state index in [2.05, 4.69) is 4.98 Å². The first kappa shape index (κ1) is 20.0. The Labute approximate surface area is 168 Å². The maximum atomic E-state index is 13.1. The van der Waals surface area contributed by atoms with Crippen LogP contribution in [0.1, 0.15) is 31.1 Å². The number of thiazole rings is 1. The minimum Gasteiger partial charge on any atom is -0.493 e. The van der Waals surface area contributed by atoms with Gasteiger partial charge in [-0.1, -0.05) is 24.3 Å². The average Bonchev–Trinajstić information content (AvgIpc) is 3.16. The number of hydrogen-bond acceptors (Lipinski definition) is 4. The molecule has 3 rings (SSSR count). The van der Waals surface area contributed by atoms with Crippen LogP contribution in [0.15, 0.2) is 53.9 Å². The van der Waals surface area contributed by atoms with Crippen LogP contribution in [0.5, 0.6) is 5.75 Å². The van der Waals surface area contributed by atoms with Crippen LogP contribution in [0.25, 0.3) is 10.6 Å². The van der Waals surface area contributed by atoms with E-state index in [1.807, 2.05) is 43.5 Å². The molecule has 146 valence electrons. The highest BCUT2D eigenvalue weighted by atomic mass is 32.1. The van der Waals surface area contributed by atoms with Gasteiger partial charge in [-0.25, -0.2) is 9.37 Å². The summed E-state index contributed by atoms with van der Waals surface area (Å²) < 4.78 is 18.8. The van der Waals surface area contributed by atoms with Gasteiger partial charge in [-0.05, 0) is 43.7 Å². The lowest BCUT2D eigenvalue weighted by Gasteiger charge is -2.25. The van der Waals surface area contributed by atoms with E-state index in [4.69, 9.17) is 4.74 Å². The third kappa shape index (κ3) is 4.57. The molecule has 2 aromatic carbocycles. The molecular weight excluding hydrogens is 375 g/mol. The largest absolute Gasteiger partial charge is 0.493 e. The highest BCUT2D eigenvalue weighted by Crippen LogP contribution is 2.32. The summed E-state index contributed by atoms with van der Waals surface area (Å²) in [5.41, 5.74) is 2.55. The second kappa shape index (κ2) is 8.97. The summed E-state index contributed by atoms with van der Waals surface area (Å²) in [5, 5.41) is 2.74. The molecule has 0 N–H and O–H groups in total. The Morgan fingerprint density at radius 2 is 1.93 bits per heavy atom. The molecule has 1 atom stereocenters. The van der Waals surface area contributed by atoms with Gasteiger partial charge in [-0.2, -0.15) is 0 Å². The average molecular weight is 399 g/mol. The summed E-state index contributed by atoms with van der Waals surface area (Å²) in [6.45, 7) is 4.45. The first-order valence-electron chi connectivity index (χ1n) is 9.17. The number of rotatable bonds is 7. The lowest BCUT2D eigenvalue weighted by Crippen LogP contribution is -2.31. The number of carbonyl (C=O) groups excluding carboxylic acids is 1. The molecule has 1 amide bonds. The second-order valence-corrected chi connectivity index (χ2v) is 7.34. The van der Waals surface area contributed by atoms with Crippen LogP contribution >= 0.6 is 11.3 Å². The van der Waals surface area contributed by atoms with Crippen molar-refractivity contribution >= 4 is 17.2 Å². The molecule has 28 heavy (non-hydrogen) atoms. The molecule has 0 aliphatic rings. The molecule has 6 heteroatoms. The van der Waals surface area contributed by atoms with Crippen molar-refractivity contribution in [3.63, 3.8) is 0 Å². The van der Waals surface area contributed by atoms with E-state index in [0.29, 0.717) is 6.61 Å². The Hall–Kier alpha value is -2.73. The van der Waals surface area contributed by atoms with E-state index in [9.17, 15) is 9.18 Å². The predicted molar refractivity (Wildman–Crippen MR) is 110 cm³/mol. The minimum atomic E-state index is -0.285. The Morgan fingerprint density at radius 1 is 1.21 bits per heavy atom. The summed E-state index contributed by atoms with van der Waals surface area (Å²) >= 11 is 1.50. The van der Waals surface area contributed by atoms with Gasteiger partial charge in [0.15, 0.2) is 0 Å². The molecule has 1 aromatic heterocycles. The fourth-order valence-corrected chi connectivity index (χ4v) is 3.75. The quantitative estimate of drug-likeness (QED) is 0.555. The summed E-state index contributed by atoms with van der Waals surface area (Å²) in [5.74, 6) is 0.471. The summed E-state index contributed by atoms with van der Waals surface area (Å²) in [6, 6.07) is 13.8. The van der Waals surface area contributed by atoms with Crippen LogP contribution in [0.4, 0.5) is 4.39 Å². The number of nitrogens with zero attached hydrogens (tertiary/aromatic N) is 2. The molecule has 1 heterocycles. The van der Waals surface area contributed by atoms with Gasteiger partial charge in [0.1, 0.15) is 16.6 Å². The zero-order valence-electron chi connectivity index (χ0n) is 16.2. The van der Waals surface area contributed by atoms with Crippen molar-refractivity contribution in [2.45, 2.75) is 26.3 Å². The van der Waals surface area contributed by atoms with Crippen molar-refractivity contribution in [3.05, 3.63) is 71.0 Å². The van der Waals surface area contributed by atoms with Gasteiger partial charge in [0.05, 0.1) is 30.3 Å². The number of ether oxygens (including phenoxy) is 1. The Balaban J connectivity index is 1.71. The maximum absolute atomic E-state index is 13.1. The Morgan fingerprint density at radius 3 is 2.64 bits per heavy atom. The zero-order chi connectivity index (χ0) is 20.1. The molecule has 0 saturated carbocycles. The molecule has 0 radical (unpaired) electrons. The molecule has 3 aromatic rings. The molecule has 0 fully saturated rings. The third-order valence-corrected chi connectivity index (χ3v) is 5.55. The smallest absolute Gasteiger partial charge is 0.228 e. The molecule has 0 spiro atoms.